The third-order valence-electron chi connectivity index (χ3n) is 4.07. The lowest BCUT2D eigenvalue weighted by Crippen LogP contribution is -2.45. The number of thioether (sulfide) groups is 1. The number of halogens is 3. The number of hydrogen-bond donors (Lipinski definition) is 1. The van der Waals surface area contributed by atoms with Crippen molar-refractivity contribution in [3.8, 4) is 0 Å². The van der Waals surface area contributed by atoms with Gasteiger partial charge >= 0.3 is 6.18 Å². The third kappa shape index (κ3) is 4.59. The van der Waals surface area contributed by atoms with E-state index in [0.717, 1.165) is 11.6 Å². The quantitative estimate of drug-likeness (QED) is 0.576. The molecule has 28 heavy (non-hydrogen) atoms. The number of morpholine rings is 1. The minimum atomic E-state index is -4.71. The number of anilines is 1. The molecule has 1 saturated heterocycles. The van der Waals surface area contributed by atoms with Gasteiger partial charge in [0.1, 0.15) is 0 Å². The summed E-state index contributed by atoms with van der Waals surface area (Å²) in [4.78, 5) is 13.2. The smallest absolute Gasteiger partial charge is 0.382 e. The summed E-state index contributed by atoms with van der Waals surface area (Å²) in [6, 6.07) is 0. The van der Waals surface area contributed by atoms with Crippen LogP contribution in [0.1, 0.15) is 5.82 Å². The van der Waals surface area contributed by atoms with E-state index in [4.69, 9.17) is 10.5 Å². The first-order valence-corrected chi connectivity index (χ1v) is 9.21. The standard InChI is InChI=1S/C15H19F3N8OS/c1-3-28-10(20-2)8-25-4-5-27-9(6-25)7-26-13-11(23-24-26)12(19)21-14(22-13)15(16,17)18/h3,9H,1,4-8H2,2H3,(H2,19,21,22)/t9-/m1/s1. The van der Waals surface area contributed by atoms with Crippen molar-refractivity contribution in [3.05, 3.63) is 17.8 Å². The van der Waals surface area contributed by atoms with Crippen molar-refractivity contribution in [2.24, 2.45) is 4.99 Å². The molecule has 0 spiro atoms. The van der Waals surface area contributed by atoms with E-state index in [2.05, 4.69) is 36.8 Å². The first-order chi connectivity index (χ1) is 13.3. The Morgan fingerprint density at radius 1 is 1.46 bits per heavy atom. The Labute approximate surface area is 162 Å². The highest BCUT2D eigenvalue weighted by Crippen LogP contribution is 2.28. The zero-order valence-electron chi connectivity index (χ0n) is 15.1. The lowest BCUT2D eigenvalue weighted by Gasteiger charge is -2.32. The van der Waals surface area contributed by atoms with Crippen LogP contribution < -0.4 is 5.73 Å². The van der Waals surface area contributed by atoms with Gasteiger partial charge in [0.05, 0.1) is 24.3 Å². The van der Waals surface area contributed by atoms with E-state index < -0.39 is 12.0 Å². The Morgan fingerprint density at radius 2 is 2.25 bits per heavy atom. The molecule has 1 fully saturated rings. The molecule has 2 N–H and O–H groups in total. The van der Waals surface area contributed by atoms with Crippen LogP contribution in [0.5, 0.6) is 0 Å². The number of aliphatic imine (C=N–C) groups is 1. The highest BCUT2D eigenvalue weighted by molar-refractivity contribution is 8.16. The third-order valence-corrected chi connectivity index (χ3v) is 4.82. The second-order valence-electron chi connectivity index (χ2n) is 6.00. The maximum absolute atomic E-state index is 13.0. The van der Waals surface area contributed by atoms with Gasteiger partial charge in [-0.25, -0.2) is 14.6 Å². The first kappa shape index (κ1) is 20.5. The number of ether oxygens (including phenoxy) is 1. The van der Waals surface area contributed by atoms with Crippen molar-refractivity contribution >= 4 is 33.8 Å². The maximum Gasteiger partial charge on any atom is 0.451 e. The molecule has 0 bridgehead atoms. The topological polar surface area (TPSA) is 107 Å². The molecule has 1 aliphatic heterocycles. The molecule has 0 radical (unpaired) electrons. The Hall–Kier alpha value is -2.25. The number of nitrogens with zero attached hydrogens (tertiary/aromatic N) is 7. The zero-order chi connectivity index (χ0) is 20.3. The lowest BCUT2D eigenvalue weighted by atomic mass is 10.2. The van der Waals surface area contributed by atoms with Crippen LogP contribution in [0.4, 0.5) is 19.0 Å². The van der Waals surface area contributed by atoms with Crippen LogP contribution in [0.15, 0.2) is 17.0 Å². The van der Waals surface area contributed by atoms with Crippen LogP contribution >= 0.6 is 11.8 Å². The summed E-state index contributed by atoms with van der Waals surface area (Å²) in [7, 11) is 1.72. The van der Waals surface area contributed by atoms with Crippen LogP contribution in [-0.2, 0) is 17.5 Å². The average Bonchev–Trinajstić information content (AvgIpc) is 3.04. The molecule has 152 valence electrons. The van der Waals surface area contributed by atoms with Crippen LogP contribution in [0.2, 0.25) is 0 Å². The normalized spacial score (nSPS) is 19.3. The summed E-state index contributed by atoms with van der Waals surface area (Å²) in [5.41, 5.74) is 5.55. The Balaban J connectivity index is 1.77. The van der Waals surface area contributed by atoms with Crippen molar-refractivity contribution in [2.75, 3.05) is 39.0 Å². The number of nitrogens with two attached hydrogens (primary N) is 1. The summed E-state index contributed by atoms with van der Waals surface area (Å²) in [6.45, 7) is 6.28. The number of alkyl halides is 3. The molecular formula is C15H19F3N8OS. The molecular weight excluding hydrogens is 397 g/mol. The van der Waals surface area contributed by atoms with Crippen molar-refractivity contribution in [3.63, 3.8) is 0 Å². The molecule has 13 heteroatoms. The van der Waals surface area contributed by atoms with E-state index in [1.54, 1.807) is 12.5 Å². The van der Waals surface area contributed by atoms with Gasteiger partial charge in [-0.3, -0.25) is 9.89 Å². The van der Waals surface area contributed by atoms with E-state index in [9.17, 15) is 13.2 Å². The monoisotopic (exact) mass is 416 g/mol. The summed E-state index contributed by atoms with van der Waals surface area (Å²) in [6.07, 6.45) is -5.01. The largest absolute Gasteiger partial charge is 0.451 e. The van der Waals surface area contributed by atoms with Gasteiger partial charge in [0, 0.05) is 26.7 Å². The van der Waals surface area contributed by atoms with Gasteiger partial charge in [-0.05, 0) is 5.41 Å². The molecule has 3 heterocycles. The van der Waals surface area contributed by atoms with Crippen LogP contribution in [0.25, 0.3) is 11.2 Å². The molecule has 2 aromatic rings. The molecule has 0 saturated carbocycles. The van der Waals surface area contributed by atoms with Crippen LogP contribution in [-0.4, -0.2) is 74.3 Å². The molecule has 0 aliphatic carbocycles. The van der Waals surface area contributed by atoms with Gasteiger partial charge in [-0.2, -0.15) is 13.2 Å². The van der Waals surface area contributed by atoms with E-state index >= 15 is 0 Å². The van der Waals surface area contributed by atoms with Crippen molar-refractivity contribution in [1.29, 1.82) is 0 Å². The number of aromatic nitrogens is 5. The van der Waals surface area contributed by atoms with E-state index in [0.29, 0.717) is 19.7 Å². The number of fused-ring (bicyclic) bond motifs is 1. The zero-order valence-corrected chi connectivity index (χ0v) is 15.9. The highest BCUT2D eigenvalue weighted by atomic mass is 32.2. The summed E-state index contributed by atoms with van der Waals surface area (Å²) >= 11 is 1.45. The molecule has 0 aromatic carbocycles. The number of nitrogen functional groups attached to an aromatic ring is 1. The predicted octanol–water partition coefficient (Wildman–Crippen LogP) is 1.43. The maximum atomic E-state index is 13.0. The predicted molar refractivity (Wildman–Crippen MR) is 99.9 cm³/mol. The van der Waals surface area contributed by atoms with E-state index in [-0.39, 0.29) is 29.6 Å². The number of rotatable bonds is 5. The number of hydrogen-bond acceptors (Lipinski definition) is 9. The molecule has 0 unspecified atom stereocenters. The molecule has 1 atom stereocenters. The van der Waals surface area contributed by atoms with Gasteiger partial charge in [0.25, 0.3) is 0 Å². The Bertz CT molecular complexity index is 884. The van der Waals surface area contributed by atoms with Gasteiger partial charge in [-0.15, -0.1) is 5.10 Å². The molecule has 2 aromatic heterocycles. The van der Waals surface area contributed by atoms with Gasteiger partial charge in [-0.1, -0.05) is 23.6 Å². The highest BCUT2D eigenvalue weighted by Gasteiger charge is 2.36. The molecule has 1 aliphatic rings. The van der Waals surface area contributed by atoms with Gasteiger partial charge in [0.2, 0.25) is 5.82 Å². The second-order valence-corrected chi connectivity index (χ2v) is 7.04. The minimum absolute atomic E-state index is 0.0310. The fraction of sp³-hybridized carbons (Fsp3) is 0.533. The first-order valence-electron chi connectivity index (χ1n) is 8.33. The van der Waals surface area contributed by atoms with E-state index in [1.165, 1.54) is 16.4 Å². The van der Waals surface area contributed by atoms with Gasteiger partial charge < -0.3 is 10.5 Å². The summed E-state index contributed by atoms with van der Waals surface area (Å²) in [5.74, 6) is -1.68. The van der Waals surface area contributed by atoms with E-state index in [1.807, 2.05) is 0 Å². The Kier molecular flexibility index (Phi) is 6.15. The second kappa shape index (κ2) is 8.41. The van der Waals surface area contributed by atoms with Crippen molar-refractivity contribution < 1.29 is 17.9 Å². The molecule has 3 rings (SSSR count). The lowest BCUT2D eigenvalue weighted by molar-refractivity contribution is -0.144. The van der Waals surface area contributed by atoms with Crippen LogP contribution in [0.3, 0.4) is 0 Å². The minimum Gasteiger partial charge on any atom is -0.382 e. The fourth-order valence-corrected chi connectivity index (χ4v) is 3.36. The SMILES string of the molecule is C=CSC(CN1CCO[C@@H](Cn2nnc3c(N)nc(C(F)(F)F)nc32)C1)=NC. The van der Waals surface area contributed by atoms with Crippen LogP contribution in [0, 0.1) is 0 Å². The summed E-state index contributed by atoms with van der Waals surface area (Å²) in [5, 5.41) is 10.3. The average molecular weight is 416 g/mol. The van der Waals surface area contributed by atoms with Gasteiger partial charge in [0.15, 0.2) is 17.0 Å². The molecule has 0 amide bonds. The van der Waals surface area contributed by atoms with Crippen molar-refractivity contribution in [1.82, 2.24) is 29.9 Å². The molecule has 9 nitrogen and oxygen atoms in total. The summed E-state index contributed by atoms with van der Waals surface area (Å²) < 4.78 is 45.9. The van der Waals surface area contributed by atoms with Crippen molar-refractivity contribution in [2.45, 2.75) is 18.8 Å². The fourth-order valence-electron chi connectivity index (χ4n) is 2.80. The Morgan fingerprint density at radius 3 is 2.93 bits per heavy atom.